The van der Waals surface area contributed by atoms with Gasteiger partial charge in [-0.1, -0.05) is 13.8 Å². The standard InChI is InChI=1S/C16H18ClN5O3.C2H6/c1-21(2)13(23)11-3-5-12(6-4-11)25-16-19-14(17)18-15(20-16)22-7-9-24-10-8-22;1-2/h3-6H,7-10H2,1-2H3;1-2H3. The second kappa shape index (κ2) is 10.0. The Kier molecular flexibility index (Phi) is 7.75. The van der Waals surface area contributed by atoms with Gasteiger partial charge in [0.1, 0.15) is 5.75 Å². The molecule has 0 N–H and O–H groups in total. The molecule has 9 heteroatoms. The Hall–Kier alpha value is -2.45. The molecule has 0 atom stereocenters. The third-order valence-electron chi connectivity index (χ3n) is 3.59. The van der Waals surface area contributed by atoms with Gasteiger partial charge >= 0.3 is 6.01 Å². The van der Waals surface area contributed by atoms with Gasteiger partial charge in [-0.15, -0.1) is 0 Å². The van der Waals surface area contributed by atoms with Crippen molar-refractivity contribution < 1.29 is 14.3 Å². The molecule has 1 fully saturated rings. The van der Waals surface area contributed by atoms with E-state index in [0.29, 0.717) is 43.6 Å². The second-order valence-electron chi connectivity index (χ2n) is 5.61. The van der Waals surface area contributed by atoms with Gasteiger partial charge in [-0.3, -0.25) is 4.79 Å². The summed E-state index contributed by atoms with van der Waals surface area (Å²) in [6.45, 7) is 6.59. The monoisotopic (exact) mass is 393 g/mol. The Morgan fingerprint density at radius 1 is 1.11 bits per heavy atom. The van der Waals surface area contributed by atoms with Crippen molar-refractivity contribution in [3.63, 3.8) is 0 Å². The highest BCUT2D eigenvalue weighted by Crippen LogP contribution is 2.22. The van der Waals surface area contributed by atoms with Gasteiger partial charge in [-0.2, -0.15) is 15.0 Å². The molecule has 1 aromatic heterocycles. The summed E-state index contributed by atoms with van der Waals surface area (Å²) in [7, 11) is 3.40. The van der Waals surface area contributed by atoms with Crippen LogP contribution in [-0.4, -0.2) is 66.2 Å². The minimum atomic E-state index is -0.0793. The maximum absolute atomic E-state index is 11.9. The van der Waals surface area contributed by atoms with Crippen LogP contribution in [0.4, 0.5) is 5.95 Å². The first-order valence-electron chi connectivity index (χ1n) is 8.77. The van der Waals surface area contributed by atoms with Gasteiger partial charge in [-0.05, 0) is 35.9 Å². The van der Waals surface area contributed by atoms with Gasteiger partial charge in [0, 0.05) is 32.7 Å². The van der Waals surface area contributed by atoms with E-state index < -0.39 is 0 Å². The first-order valence-corrected chi connectivity index (χ1v) is 9.14. The average molecular weight is 394 g/mol. The Morgan fingerprint density at radius 3 is 2.33 bits per heavy atom. The van der Waals surface area contributed by atoms with E-state index in [9.17, 15) is 4.79 Å². The van der Waals surface area contributed by atoms with Crippen molar-refractivity contribution in [1.82, 2.24) is 19.9 Å². The molecule has 0 radical (unpaired) electrons. The first-order chi connectivity index (χ1) is 13.0. The third kappa shape index (κ3) is 5.77. The Labute approximate surface area is 164 Å². The predicted molar refractivity (Wildman–Crippen MR) is 104 cm³/mol. The van der Waals surface area contributed by atoms with Crippen molar-refractivity contribution in [2.45, 2.75) is 13.8 Å². The zero-order chi connectivity index (χ0) is 19.8. The van der Waals surface area contributed by atoms with Gasteiger partial charge in [0.15, 0.2) is 0 Å². The fraction of sp³-hybridized carbons (Fsp3) is 0.444. The van der Waals surface area contributed by atoms with Crippen LogP contribution in [0.2, 0.25) is 5.28 Å². The molecule has 1 aliphatic rings. The van der Waals surface area contributed by atoms with E-state index in [0.717, 1.165) is 0 Å². The molecule has 2 heterocycles. The van der Waals surface area contributed by atoms with E-state index in [1.165, 1.54) is 4.90 Å². The molecule has 1 aliphatic heterocycles. The number of anilines is 1. The minimum Gasteiger partial charge on any atom is -0.424 e. The third-order valence-corrected chi connectivity index (χ3v) is 3.76. The molecule has 27 heavy (non-hydrogen) atoms. The maximum atomic E-state index is 11.9. The van der Waals surface area contributed by atoms with Crippen molar-refractivity contribution in [3.05, 3.63) is 35.1 Å². The molecule has 146 valence electrons. The average Bonchev–Trinajstić information content (AvgIpc) is 2.70. The van der Waals surface area contributed by atoms with Crippen LogP contribution in [0.1, 0.15) is 24.2 Å². The van der Waals surface area contributed by atoms with Gasteiger partial charge in [-0.25, -0.2) is 0 Å². The molecule has 0 aliphatic carbocycles. The number of carbonyl (C=O) groups is 1. The predicted octanol–water partition coefficient (Wildman–Crippen LogP) is 2.88. The number of rotatable bonds is 4. The Bertz CT molecular complexity index is 749. The van der Waals surface area contributed by atoms with Crippen LogP contribution in [0, 0.1) is 0 Å². The van der Waals surface area contributed by atoms with Gasteiger partial charge in [0.2, 0.25) is 11.2 Å². The smallest absolute Gasteiger partial charge is 0.328 e. The van der Waals surface area contributed by atoms with Crippen LogP contribution in [0.25, 0.3) is 0 Å². The summed E-state index contributed by atoms with van der Waals surface area (Å²) in [6.07, 6.45) is 0. The fourth-order valence-electron chi connectivity index (χ4n) is 2.30. The van der Waals surface area contributed by atoms with E-state index in [4.69, 9.17) is 21.1 Å². The normalized spacial score (nSPS) is 13.4. The number of morpholine rings is 1. The SMILES string of the molecule is CC.CN(C)C(=O)c1ccc(Oc2nc(Cl)nc(N3CCOCC3)n2)cc1. The zero-order valence-electron chi connectivity index (χ0n) is 16.0. The number of nitrogens with zero attached hydrogens (tertiary/aromatic N) is 5. The molecule has 3 rings (SSSR count). The number of ether oxygens (including phenoxy) is 2. The summed E-state index contributed by atoms with van der Waals surface area (Å²) >= 11 is 5.99. The number of hydrogen-bond donors (Lipinski definition) is 0. The molecule has 2 aromatic rings. The van der Waals surface area contributed by atoms with E-state index in [2.05, 4.69) is 15.0 Å². The summed E-state index contributed by atoms with van der Waals surface area (Å²) in [4.78, 5) is 27.8. The Balaban J connectivity index is 0.00000126. The van der Waals surface area contributed by atoms with Crippen molar-refractivity contribution in [3.8, 4) is 11.8 Å². The zero-order valence-corrected chi connectivity index (χ0v) is 16.7. The number of amides is 1. The summed E-state index contributed by atoms with van der Waals surface area (Å²) in [6, 6.07) is 6.84. The van der Waals surface area contributed by atoms with Crippen LogP contribution in [0.5, 0.6) is 11.8 Å². The number of benzene rings is 1. The van der Waals surface area contributed by atoms with Crippen LogP contribution in [0.3, 0.4) is 0 Å². The van der Waals surface area contributed by atoms with Crippen molar-refractivity contribution in [1.29, 1.82) is 0 Å². The molecule has 0 spiro atoms. The molecule has 0 unspecified atom stereocenters. The van der Waals surface area contributed by atoms with Gasteiger partial charge < -0.3 is 19.3 Å². The lowest BCUT2D eigenvalue weighted by Crippen LogP contribution is -2.37. The summed E-state index contributed by atoms with van der Waals surface area (Å²) in [5.74, 6) is 0.882. The van der Waals surface area contributed by atoms with E-state index in [-0.39, 0.29) is 17.2 Å². The molecule has 1 saturated heterocycles. The molecule has 8 nitrogen and oxygen atoms in total. The summed E-state index contributed by atoms with van der Waals surface area (Å²) in [5, 5.41) is 0.0610. The fourth-order valence-corrected chi connectivity index (χ4v) is 2.45. The molecule has 1 amide bonds. The second-order valence-corrected chi connectivity index (χ2v) is 5.95. The topological polar surface area (TPSA) is 80.7 Å². The van der Waals surface area contributed by atoms with E-state index >= 15 is 0 Å². The van der Waals surface area contributed by atoms with Gasteiger partial charge in [0.05, 0.1) is 13.2 Å². The van der Waals surface area contributed by atoms with Crippen molar-refractivity contribution >= 4 is 23.5 Å². The highest BCUT2D eigenvalue weighted by atomic mass is 35.5. The highest BCUT2D eigenvalue weighted by molar-refractivity contribution is 6.28. The molecule has 0 saturated carbocycles. The first kappa shape index (κ1) is 20.9. The lowest BCUT2D eigenvalue weighted by atomic mass is 10.2. The van der Waals surface area contributed by atoms with Crippen LogP contribution in [-0.2, 0) is 4.74 Å². The molecule has 1 aromatic carbocycles. The van der Waals surface area contributed by atoms with Crippen molar-refractivity contribution in [2.24, 2.45) is 0 Å². The lowest BCUT2D eigenvalue weighted by Gasteiger charge is -2.26. The quantitative estimate of drug-likeness (QED) is 0.789. The van der Waals surface area contributed by atoms with Gasteiger partial charge in [0.25, 0.3) is 5.91 Å². The largest absolute Gasteiger partial charge is 0.424 e. The number of aromatic nitrogens is 3. The Morgan fingerprint density at radius 2 is 1.74 bits per heavy atom. The summed E-state index contributed by atoms with van der Waals surface area (Å²) < 4.78 is 11.0. The number of carbonyl (C=O) groups excluding carboxylic acids is 1. The number of hydrogen-bond acceptors (Lipinski definition) is 7. The lowest BCUT2D eigenvalue weighted by molar-refractivity contribution is 0.0827. The van der Waals surface area contributed by atoms with Crippen LogP contribution in [0.15, 0.2) is 24.3 Å². The maximum Gasteiger partial charge on any atom is 0.328 e. The molecular weight excluding hydrogens is 370 g/mol. The molecular formula is C18H24ClN5O3. The van der Waals surface area contributed by atoms with Crippen molar-refractivity contribution in [2.75, 3.05) is 45.3 Å². The van der Waals surface area contributed by atoms with E-state index in [1.54, 1.807) is 38.4 Å². The number of halogens is 1. The summed E-state index contributed by atoms with van der Waals surface area (Å²) in [5.41, 5.74) is 0.569. The van der Waals surface area contributed by atoms with E-state index in [1.807, 2.05) is 18.7 Å². The van der Waals surface area contributed by atoms with Crippen LogP contribution < -0.4 is 9.64 Å². The minimum absolute atomic E-state index is 0.0610. The molecule has 0 bridgehead atoms. The van der Waals surface area contributed by atoms with Crippen LogP contribution >= 0.6 is 11.6 Å². The highest BCUT2D eigenvalue weighted by Gasteiger charge is 2.17.